The summed E-state index contributed by atoms with van der Waals surface area (Å²) in [5.41, 5.74) is 4.71. The van der Waals surface area contributed by atoms with E-state index in [0.717, 1.165) is 6.42 Å². The molecule has 4 heteroatoms. The summed E-state index contributed by atoms with van der Waals surface area (Å²) < 4.78 is 0. The molecule has 0 aromatic heterocycles. The van der Waals surface area contributed by atoms with E-state index in [1.807, 2.05) is 13.8 Å². The average molecular weight is 187 g/mol. The molecule has 0 saturated heterocycles. The van der Waals surface area contributed by atoms with Gasteiger partial charge in [0, 0.05) is 0 Å². The lowest BCUT2D eigenvalue weighted by molar-refractivity contribution is -0.308. The predicted molar refractivity (Wildman–Crippen MR) is 47.8 cm³/mol. The van der Waals surface area contributed by atoms with Gasteiger partial charge in [0.1, 0.15) is 5.60 Å². The molecule has 0 atom stereocenters. The minimum absolute atomic E-state index is 0.366. The van der Waals surface area contributed by atoms with Gasteiger partial charge in [0.15, 0.2) is 0 Å². The highest BCUT2D eigenvalue weighted by Gasteiger charge is 2.43. The van der Waals surface area contributed by atoms with E-state index in [4.69, 9.17) is 10.6 Å². The fourth-order valence-corrected chi connectivity index (χ4v) is 1.60. The summed E-state index contributed by atoms with van der Waals surface area (Å²) in [6.45, 7) is 5.97. The van der Waals surface area contributed by atoms with Crippen molar-refractivity contribution < 1.29 is 14.6 Å². The lowest BCUT2D eigenvalue weighted by atomic mass is 9.93. The highest BCUT2D eigenvalue weighted by molar-refractivity contribution is 5.63. The van der Waals surface area contributed by atoms with Crippen LogP contribution in [-0.4, -0.2) is 11.7 Å². The number of hydrogen-bond donors (Lipinski definition) is 1. The van der Waals surface area contributed by atoms with Crippen molar-refractivity contribution in [2.75, 3.05) is 0 Å². The number of nitrogens with two attached hydrogens (primary N) is 1. The molecule has 0 unspecified atom stereocenters. The van der Waals surface area contributed by atoms with E-state index in [0.29, 0.717) is 5.41 Å². The van der Waals surface area contributed by atoms with E-state index < -0.39 is 11.7 Å². The average Bonchev–Trinajstić information content (AvgIpc) is 2.63. The van der Waals surface area contributed by atoms with Crippen LogP contribution in [0.15, 0.2) is 0 Å². The zero-order valence-electron chi connectivity index (χ0n) is 8.42. The SMILES string of the molecule is CC1(CC(C)(C)OOC(N)=O)CC1. The van der Waals surface area contributed by atoms with Crippen LogP contribution in [0.4, 0.5) is 4.79 Å². The van der Waals surface area contributed by atoms with Crippen molar-refractivity contribution in [1.82, 2.24) is 0 Å². The second-order valence-electron chi connectivity index (χ2n) is 4.73. The van der Waals surface area contributed by atoms with Gasteiger partial charge in [-0.05, 0) is 38.5 Å². The van der Waals surface area contributed by atoms with Crippen molar-refractivity contribution in [2.45, 2.75) is 45.6 Å². The fourth-order valence-electron chi connectivity index (χ4n) is 1.60. The maximum atomic E-state index is 10.3. The van der Waals surface area contributed by atoms with E-state index in [-0.39, 0.29) is 0 Å². The van der Waals surface area contributed by atoms with Crippen LogP contribution in [0.5, 0.6) is 0 Å². The number of rotatable bonds is 4. The minimum atomic E-state index is -0.894. The molecule has 2 N–H and O–H groups in total. The maximum Gasteiger partial charge on any atom is 0.436 e. The molecule has 0 spiro atoms. The smallest absolute Gasteiger partial charge is 0.333 e. The van der Waals surface area contributed by atoms with E-state index in [9.17, 15) is 4.79 Å². The number of hydrogen-bond acceptors (Lipinski definition) is 3. The van der Waals surface area contributed by atoms with E-state index >= 15 is 0 Å². The Morgan fingerprint density at radius 2 is 2.08 bits per heavy atom. The highest BCUT2D eigenvalue weighted by atomic mass is 17.2. The van der Waals surface area contributed by atoms with Gasteiger partial charge in [0.2, 0.25) is 0 Å². The Balaban J connectivity index is 2.32. The third-order valence-electron chi connectivity index (χ3n) is 2.31. The second-order valence-corrected chi connectivity index (χ2v) is 4.73. The molecule has 0 aromatic rings. The largest absolute Gasteiger partial charge is 0.436 e. The first-order valence-electron chi connectivity index (χ1n) is 4.48. The molecule has 76 valence electrons. The summed E-state index contributed by atoms with van der Waals surface area (Å²) in [6.07, 6.45) is 2.43. The molecule has 1 saturated carbocycles. The first-order chi connectivity index (χ1) is 5.83. The summed E-state index contributed by atoms with van der Waals surface area (Å²) in [5, 5.41) is 0. The molecule has 1 fully saturated rings. The van der Waals surface area contributed by atoms with Gasteiger partial charge in [-0.2, -0.15) is 4.89 Å². The topological polar surface area (TPSA) is 61.6 Å². The predicted octanol–water partition coefficient (Wildman–Crippen LogP) is 1.98. The first kappa shape index (κ1) is 10.3. The Hall–Kier alpha value is -0.770. The van der Waals surface area contributed by atoms with Gasteiger partial charge in [0.05, 0.1) is 0 Å². The van der Waals surface area contributed by atoms with Crippen LogP contribution in [0.3, 0.4) is 0 Å². The van der Waals surface area contributed by atoms with Crippen molar-refractivity contribution >= 4 is 6.09 Å². The lowest BCUT2D eigenvalue weighted by Gasteiger charge is -2.25. The Morgan fingerprint density at radius 1 is 1.54 bits per heavy atom. The number of primary amides is 1. The van der Waals surface area contributed by atoms with Crippen LogP contribution >= 0.6 is 0 Å². The molecule has 1 aliphatic rings. The van der Waals surface area contributed by atoms with Crippen LogP contribution < -0.4 is 5.73 Å². The van der Waals surface area contributed by atoms with Crippen molar-refractivity contribution in [2.24, 2.45) is 11.1 Å². The molecule has 0 aromatic carbocycles. The van der Waals surface area contributed by atoms with Crippen LogP contribution in [0.2, 0.25) is 0 Å². The molecule has 13 heavy (non-hydrogen) atoms. The van der Waals surface area contributed by atoms with E-state index in [1.165, 1.54) is 12.8 Å². The molecule has 0 heterocycles. The third-order valence-corrected chi connectivity index (χ3v) is 2.31. The van der Waals surface area contributed by atoms with E-state index in [1.54, 1.807) is 0 Å². The van der Waals surface area contributed by atoms with Crippen molar-refractivity contribution in [3.05, 3.63) is 0 Å². The van der Waals surface area contributed by atoms with Gasteiger partial charge >= 0.3 is 6.09 Å². The maximum absolute atomic E-state index is 10.3. The van der Waals surface area contributed by atoms with Gasteiger partial charge in [-0.15, -0.1) is 0 Å². The number of amides is 1. The quantitative estimate of drug-likeness (QED) is 0.540. The van der Waals surface area contributed by atoms with Crippen LogP contribution in [0, 0.1) is 5.41 Å². The fraction of sp³-hybridized carbons (Fsp3) is 0.889. The third kappa shape index (κ3) is 3.63. The number of carbonyl (C=O) groups is 1. The number of carbonyl (C=O) groups excluding carboxylic acids is 1. The molecule has 1 amide bonds. The molecule has 1 rings (SSSR count). The van der Waals surface area contributed by atoms with Crippen molar-refractivity contribution in [3.8, 4) is 0 Å². The summed E-state index contributed by atoms with van der Waals surface area (Å²) in [7, 11) is 0. The standard InChI is InChI=1S/C9H17NO3/c1-8(2,13-12-7(10)11)6-9(3)4-5-9/h4-6H2,1-3H3,(H2,10,11). The summed E-state index contributed by atoms with van der Waals surface area (Å²) in [4.78, 5) is 19.6. The van der Waals surface area contributed by atoms with Gasteiger partial charge < -0.3 is 5.73 Å². The van der Waals surface area contributed by atoms with E-state index in [2.05, 4.69) is 11.8 Å². The van der Waals surface area contributed by atoms with Crippen molar-refractivity contribution in [3.63, 3.8) is 0 Å². The highest BCUT2D eigenvalue weighted by Crippen LogP contribution is 2.51. The molecular formula is C9H17NO3. The van der Waals surface area contributed by atoms with Gasteiger partial charge in [-0.1, -0.05) is 6.92 Å². The zero-order chi connectivity index (χ0) is 10.1. The summed E-state index contributed by atoms with van der Waals surface area (Å²) in [5.74, 6) is 0. The molecular weight excluding hydrogens is 170 g/mol. The van der Waals surface area contributed by atoms with Crippen LogP contribution in [0.25, 0.3) is 0 Å². The molecule has 0 bridgehead atoms. The minimum Gasteiger partial charge on any atom is -0.333 e. The van der Waals surface area contributed by atoms with Crippen molar-refractivity contribution in [1.29, 1.82) is 0 Å². The monoisotopic (exact) mass is 187 g/mol. The normalized spacial score (nSPS) is 19.6. The summed E-state index contributed by atoms with van der Waals surface area (Å²) in [6, 6.07) is 0. The molecule has 0 aliphatic heterocycles. The Morgan fingerprint density at radius 3 is 2.46 bits per heavy atom. The Labute approximate surface area is 78.3 Å². The molecule has 1 aliphatic carbocycles. The van der Waals surface area contributed by atoms with Gasteiger partial charge in [0.25, 0.3) is 0 Å². The van der Waals surface area contributed by atoms with Gasteiger partial charge in [-0.3, -0.25) is 4.89 Å². The zero-order valence-corrected chi connectivity index (χ0v) is 8.42. The molecule has 4 nitrogen and oxygen atoms in total. The van der Waals surface area contributed by atoms with Crippen LogP contribution in [0.1, 0.15) is 40.0 Å². The first-order valence-corrected chi connectivity index (χ1v) is 4.48. The molecule has 0 radical (unpaired) electrons. The Kier molecular flexibility index (Phi) is 2.52. The lowest BCUT2D eigenvalue weighted by Crippen LogP contribution is -2.30. The van der Waals surface area contributed by atoms with Crippen LogP contribution in [-0.2, 0) is 9.78 Å². The Bertz CT molecular complexity index is 209. The second kappa shape index (κ2) is 3.18. The summed E-state index contributed by atoms with van der Waals surface area (Å²) >= 11 is 0. The van der Waals surface area contributed by atoms with Gasteiger partial charge in [-0.25, -0.2) is 4.79 Å².